The Kier molecular flexibility index (Phi) is 4.39. The fourth-order valence-corrected chi connectivity index (χ4v) is 1.75. The SMILES string of the molecule is COc1cc(NC(=O)c2ccc(NN)nc2)ccc1Cl. The van der Waals surface area contributed by atoms with Gasteiger partial charge in [0, 0.05) is 18.0 Å². The minimum Gasteiger partial charge on any atom is -0.495 e. The Morgan fingerprint density at radius 1 is 1.35 bits per heavy atom. The van der Waals surface area contributed by atoms with Crippen molar-refractivity contribution in [1.29, 1.82) is 0 Å². The number of nitrogens with zero attached hydrogens (tertiary/aromatic N) is 1. The number of benzene rings is 1. The number of hydrazine groups is 1. The zero-order chi connectivity index (χ0) is 14.5. The van der Waals surface area contributed by atoms with Crippen LogP contribution in [0.5, 0.6) is 5.75 Å². The number of carbonyl (C=O) groups excluding carboxylic acids is 1. The van der Waals surface area contributed by atoms with Crippen LogP contribution in [-0.4, -0.2) is 18.0 Å². The van der Waals surface area contributed by atoms with Crippen molar-refractivity contribution in [2.45, 2.75) is 0 Å². The Morgan fingerprint density at radius 2 is 2.15 bits per heavy atom. The van der Waals surface area contributed by atoms with Gasteiger partial charge in [-0.25, -0.2) is 10.8 Å². The Labute approximate surface area is 120 Å². The maximum atomic E-state index is 12.0. The van der Waals surface area contributed by atoms with Gasteiger partial charge in [-0.15, -0.1) is 0 Å². The van der Waals surface area contributed by atoms with Gasteiger partial charge >= 0.3 is 0 Å². The van der Waals surface area contributed by atoms with Crippen molar-refractivity contribution < 1.29 is 9.53 Å². The van der Waals surface area contributed by atoms with E-state index in [-0.39, 0.29) is 5.91 Å². The lowest BCUT2D eigenvalue weighted by atomic mass is 10.2. The number of nitrogens with one attached hydrogen (secondary N) is 2. The van der Waals surface area contributed by atoms with Crippen LogP contribution in [0.2, 0.25) is 5.02 Å². The molecular formula is C13H13ClN4O2. The zero-order valence-corrected chi connectivity index (χ0v) is 11.4. The molecule has 0 unspecified atom stereocenters. The van der Waals surface area contributed by atoms with Crippen molar-refractivity contribution in [2.75, 3.05) is 17.9 Å². The van der Waals surface area contributed by atoms with Gasteiger partial charge in [-0.1, -0.05) is 11.6 Å². The quantitative estimate of drug-likeness (QED) is 0.594. The fourth-order valence-electron chi connectivity index (χ4n) is 1.55. The van der Waals surface area contributed by atoms with Crippen LogP contribution in [0.4, 0.5) is 11.5 Å². The number of nitrogens with two attached hydrogens (primary N) is 1. The number of aromatic nitrogens is 1. The van der Waals surface area contributed by atoms with Gasteiger partial charge in [0.2, 0.25) is 0 Å². The molecule has 0 fully saturated rings. The molecule has 4 N–H and O–H groups in total. The van der Waals surface area contributed by atoms with Gasteiger partial charge in [-0.2, -0.15) is 0 Å². The van der Waals surface area contributed by atoms with Gasteiger partial charge in [0.05, 0.1) is 17.7 Å². The van der Waals surface area contributed by atoms with Crippen molar-refractivity contribution >= 4 is 29.0 Å². The van der Waals surface area contributed by atoms with Crippen LogP contribution < -0.4 is 21.3 Å². The predicted molar refractivity (Wildman–Crippen MR) is 78.0 cm³/mol. The summed E-state index contributed by atoms with van der Waals surface area (Å²) in [7, 11) is 1.51. The number of hydrogen-bond donors (Lipinski definition) is 3. The molecule has 20 heavy (non-hydrogen) atoms. The summed E-state index contributed by atoms with van der Waals surface area (Å²) in [6, 6.07) is 8.20. The van der Waals surface area contributed by atoms with E-state index in [2.05, 4.69) is 15.7 Å². The normalized spacial score (nSPS) is 9.95. The summed E-state index contributed by atoms with van der Waals surface area (Å²) in [5, 5.41) is 3.21. The molecule has 2 rings (SSSR count). The smallest absolute Gasteiger partial charge is 0.257 e. The second-order valence-corrected chi connectivity index (χ2v) is 4.29. The van der Waals surface area contributed by atoms with Gasteiger partial charge in [0.25, 0.3) is 5.91 Å². The third-order valence-corrected chi connectivity index (χ3v) is 2.89. The monoisotopic (exact) mass is 292 g/mol. The van der Waals surface area contributed by atoms with E-state index in [0.717, 1.165) is 0 Å². The minimum absolute atomic E-state index is 0.287. The van der Waals surface area contributed by atoms with Crippen LogP contribution >= 0.6 is 11.6 Å². The maximum absolute atomic E-state index is 12.0. The minimum atomic E-state index is -0.287. The third kappa shape index (κ3) is 3.17. The molecule has 7 heteroatoms. The molecule has 0 bridgehead atoms. The van der Waals surface area contributed by atoms with E-state index in [0.29, 0.717) is 27.8 Å². The second kappa shape index (κ2) is 6.23. The van der Waals surface area contributed by atoms with Crippen molar-refractivity contribution in [3.05, 3.63) is 47.1 Å². The highest BCUT2D eigenvalue weighted by molar-refractivity contribution is 6.32. The lowest BCUT2D eigenvalue weighted by Gasteiger charge is -2.08. The summed E-state index contributed by atoms with van der Waals surface area (Å²) < 4.78 is 5.09. The number of nitrogen functional groups attached to an aromatic ring is 1. The molecule has 0 aliphatic heterocycles. The number of ether oxygens (including phenoxy) is 1. The van der Waals surface area contributed by atoms with E-state index >= 15 is 0 Å². The molecule has 1 aromatic heterocycles. The largest absolute Gasteiger partial charge is 0.495 e. The molecule has 1 heterocycles. The van der Waals surface area contributed by atoms with Crippen LogP contribution in [0.25, 0.3) is 0 Å². The third-order valence-electron chi connectivity index (χ3n) is 2.58. The summed E-state index contributed by atoms with van der Waals surface area (Å²) >= 11 is 5.92. The van der Waals surface area contributed by atoms with E-state index in [1.54, 1.807) is 30.3 Å². The van der Waals surface area contributed by atoms with Crippen molar-refractivity contribution in [2.24, 2.45) is 5.84 Å². The molecular weight excluding hydrogens is 280 g/mol. The zero-order valence-electron chi connectivity index (χ0n) is 10.7. The number of hydrogen-bond acceptors (Lipinski definition) is 5. The van der Waals surface area contributed by atoms with E-state index in [1.165, 1.54) is 13.3 Å². The van der Waals surface area contributed by atoms with Crippen LogP contribution in [0.3, 0.4) is 0 Å². The molecule has 6 nitrogen and oxygen atoms in total. The van der Waals surface area contributed by atoms with Crippen molar-refractivity contribution in [3.63, 3.8) is 0 Å². The van der Waals surface area contributed by atoms with E-state index < -0.39 is 0 Å². The molecule has 104 valence electrons. The summed E-state index contributed by atoms with van der Waals surface area (Å²) in [6.45, 7) is 0. The highest BCUT2D eigenvalue weighted by Gasteiger charge is 2.08. The number of methoxy groups -OCH3 is 1. The number of halogens is 1. The molecule has 0 spiro atoms. The molecule has 0 saturated carbocycles. The Morgan fingerprint density at radius 3 is 2.75 bits per heavy atom. The summed E-state index contributed by atoms with van der Waals surface area (Å²) in [6.07, 6.45) is 1.43. The highest BCUT2D eigenvalue weighted by Crippen LogP contribution is 2.27. The van der Waals surface area contributed by atoms with Gasteiger partial charge in [0.1, 0.15) is 11.6 Å². The molecule has 0 saturated heterocycles. The van der Waals surface area contributed by atoms with Gasteiger partial charge < -0.3 is 15.5 Å². The lowest BCUT2D eigenvalue weighted by molar-refractivity contribution is 0.102. The first-order valence-electron chi connectivity index (χ1n) is 5.71. The average Bonchev–Trinajstić information content (AvgIpc) is 2.49. The first-order chi connectivity index (χ1) is 9.63. The second-order valence-electron chi connectivity index (χ2n) is 3.88. The van der Waals surface area contributed by atoms with E-state index in [4.69, 9.17) is 22.2 Å². The Balaban J connectivity index is 2.14. The summed E-state index contributed by atoms with van der Waals surface area (Å²) in [4.78, 5) is 16.0. The molecule has 0 aliphatic rings. The van der Waals surface area contributed by atoms with E-state index in [1.807, 2.05) is 0 Å². The average molecular weight is 293 g/mol. The summed E-state index contributed by atoms with van der Waals surface area (Å²) in [5.74, 6) is 5.89. The van der Waals surface area contributed by atoms with Gasteiger partial charge in [0.15, 0.2) is 0 Å². The Bertz CT molecular complexity index is 616. The van der Waals surface area contributed by atoms with Crippen molar-refractivity contribution in [3.8, 4) is 5.75 Å². The van der Waals surface area contributed by atoms with E-state index in [9.17, 15) is 4.79 Å². The number of anilines is 2. The molecule has 0 radical (unpaired) electrons. The first-order valence-corrected chi connectivity index (χ1v) is 6.09. The van der Waals surface area contributed by atoms with Gasteiger partial charge in [-0.3, -0.25) is 4.79 Å². The molecule has 0 aliphatic carbocycles. The Hall–Kier alpha value is -2.31. The molecule has 1 aromatic carbocycles. The number of carbonyl (C=O) groups is 1. The topological polar surface area (TPSA) is 89.3 Å². The van der Waals surface area contributed by atoms with Crippen LogP contribution in [0.1, 0.15) is 10.4 Å². The predicted octanol–water partition coefficient (Wildman–Crippen LogP) is 2.28. The lowest BCUT2D eigenvalue weighted by Crippen LogP contribution is -2.13. The maximum Gasteiger partial charge on any atom is 0.257 e. The number of pyridine rings is 1. The highest BCUT2D eigenvalue weighted by atomic mass is 35.5. The number of amides is 1. The van der Waals surface area contributed by atoms with Crippen LogP contribution in [0, 0.1) is 0 Å². The van der Waals surface area contributed by atoms with Gasteiger partial charge in [-0.05, 0) is 24.3 Å². The van der Waals surface area contributed by atoms with Crippen molar-refractivity contribution in [1.82, 2.24) is 4.98 Å². The molecule has 1 amide bonds. The first kappa shape index (κ1) is 14.1. The van der Waals surface area contributed by atoms with Crippen LogP contribution in [-0.2, 0) is 0 Å². The summed E-state index contributed by atoms with van der Waals surface area (Å²) in [5.41, 5.74) is 3.39. The van der Waals surface area contributed by atoms with Crippen LogP contribution in [0.15, 0.2) is 36.5 Å². The molecule has 0 atom stereocenters. The number of rotatable bonds is 4. The fraction of sp³-hybridized carbons (Fsp3) is 0.0769. The standard InChI is InChI=1S/C13H13ClN4O2/c1-20-11-6-9(3-4-10(11)14)17-13(19)8-2-5-12(18-15)16-7-8/h2-7H,15H2,1H3,(H,16,18)(H,17,19). The molecule has 2 aromatic rings.